The van der Waals surface area contributed by atoms with Crippen LogP contribution in [0.2, 0.25) is 0 Å². The van der Waals surface area contributed by atoms with Gasteiger partial charge in [0.2, 0.25) is 0 Å². The molecule has 2 heterocycles. The average Bonchev–Trinajstić information content (AvgIpc) is 2.99. The lowest BCUT2D eigenvalue weighted by Gasteiger charge is -2.20. The maximum Gasteiger partial charge on any atom is 0.322 e. The van der Waals surface area contributed by atoms with E-state index in [0.29, 0.717) is 24.7 Å². The molecule has 2 atom stereocenters. The van der Waals surface area contributed by atoms with Gasteiger partial charge in [-0.05, 0) is 12.3 Å². The van der Waals surface area contributed by atoms with Crippen molar-refractivity contribution in [1.29, 1.82) is 0 Å². The topological polar surface area (TPSA) is 115 Å². The number of carboxylic acid groups (broad SMARTS) is 1. The van der Waals surface area contributed by atoms with Crippen molar-refractivity contribution in [3.8, 4) is 0 Å². The van der Waals surface area contributed by atoms with Gasteiger partial charge >= 0.3 is 5.97 Å². The predicted molar refractivity (Wildman–Crippen MR) is 71.1 cm³/mol. The minimum atomic E-state index is -3.77. The number of H-pyrrole nitrogens is 1. The highest BCUT2D eigenvalue weighted by Gasteiger charge is 2.33. The number of imidazole rings is 1. The van der Waals surface area contributed by atoms with Crippen LogP contribution in [0.4, 0.5) is 0 Å². The molecule has 8 nitrogen and oxygen atoms in total. The first-order chi connectivity index (χ1) is 9.38. The van der Waals surface area contributed by atoms with Gasteiger partial charge in [0.05, 0.1) is 6.33 Å². The summed E-state index contributed by atoms with van der Waals surface area (Å²) in [6.45, 7) is 2.81. The van der Waals surface area contributed by atoms with E-state index in [1.807, 2.05) is 6.92 Å². The van der Waals surface area contributed by atoms with Gasteiger partial charge in [-0.1, -0.05) is 6.92 Å². The van der Waals surface area contributed by atoms with E-state index in [9.17, 15) is 13.2 Å². The maximum atomic E-state index is 12.1. The van der Waals surface area contributed by atoms with E-state index in [2.05, 4.69) is 14.7 Å². The number of carbonyl (C=O) groups is 1. The molecule has 1 saturated heterocycles. The molecule has 1 aliphatic heterocycles. The minimum Gasteiger partial charge on any atom is -0.480 e. The molecule has 0 spiro atoms. The van der Waals surface area contributed by atoms with Crippen LogP contribution in [0.1, 0.15) is 19.0 Å². The van der Waals surface area contributed by atoms with E-state index in [0.717, 1.165) is 6.42 Å². The molecular formula is C11H18N4O4S. The van der Waals surface area contributed by atoms with E-state index >= 15 is 0 Å². The molecule has 1 aromatic heterocycles. The first kappa shape index (κ1) is 14.9. The minimum absolute atomic E-state index is 0.0258. The van der Waals surface area contributed by atoms with Crippen molar-refractivity contribution in [3.05, 3.63) is 18.2 Å². The highest BCUT2D eigenvalue weighted by Crippen LogP contribution is 2.18. The van der Waals surface area contributed by atoms with Gasteiger partial charge < -0.3 is 10.1 Å². The Hall–Kier alpha value is -1.45. The fraction of sp³-hybridized carbons (Fsp3) is 0.636. The number of hydrogen-bond donors (Lipinski definition) is 3. The Balaban J connectivity index is 2.05. The summed E-state index contributed by atoms with van der Waals surface area (Å²) in [5.74, 6) is -0.919. The van der Waals surface area contributed by atoms with Crippen molar-refractivity contribution < 1.29 is 18.3 Å². The van der Waals surface area contributed by atoms with E-state index in [4.69, 9.17) is 5.11 Å². The molecule has 1 aliphatic rings. The molecule has 112 valence electrons. The quantitative estimate of drug-likeness (QED) is 0.660. The summed E-state index contributed by atoms with van der Waals surface area (Å²) in [5, 5.41) is 9.15. The molecule has 20 heavy (non-hydrogen) atoms. The first-order valence-electron chi connectivity index (χ1n) is 6.36. The molecule has 0 saturated carbocycles. The summed E-state index contributed by atoms with van der Waals surface area (Å²) in [5.41, 5.74) is 0.565. The monoisotopic (exact) mass is 302 g/mol. The lowest BCUT2D eigenvalue weighted by atomic mass is 10.2. The van der Waals surface area contributed by atoms with E-state index in [1.54, 1.807) is 0 Å². The van der Waals surface area contributed by atoms with Crippen molar-refractivity contribution in [2.75, 3.05) is 13.1 Å². The molecule has 1 fully saturated rings. The number of nitrogens with one attached hydrogen (secondary N) is 2. The van der Waals surface area contributed by atoms with Gasteiger partial charge in [-0.2, -0.15) is 17.4 Å². The van der Waals surface area contributed by atoms with Crippen molar-refractivity contribution in [1.82, 2.24) is 19.0 Å². The predicted octanol–water partition coefficient (Wildman–Crippen LogP) is -0.418. The average molecular weight is 302 g/mol. The second kappa shape index (κ2) is 5.90. The van der Waals surface area contributed by atoms with Gasteiger partial charge in [0.1, 0.15) is 6.04 Å². The van der Waals surface area contributed by atoms with Crippen LogP contribution in [0.25, 0.3) is 0 Å². The highest BCUT2D eigenvalue weighted by molar-refractivity contribution is 7.87. The standard InChI is InChI=1S/C11H18N4O4S/c1-8-2-3-15(6-8)20(18,19)14-10(11(16)17)4-9-5-12-7-13-9/h5,7-8,10,14H,2-4,6H2,1H3,(H,12,13)(H,16,17). The number of aromatic nitrogens is 2. The lowest BCUT2D eigenvalue weighted by Crippen LogP contribution is -2.48. The molecule has 0 bridgehead atoms. The molecule has 1 aromatic rings. The Morgan fingerprint density at radius 3 is 2.95 bits per heavy atom. The highest BCUT2D eigenvalue weighted by atomic mass is 32.2. The summed E-state index contributed by atoms with van der Waals surface area (Å²) in [7, 11) is -3.77. The van der Waals surface area contributed by atoms with Crippen LogP contribution >= 0.6 is 0 Å². The van der Waals surface area contributed by atoms with Crippen molar-refractivity contribution in [2.24, 2.45) is 5.92 Å². The lowest BCUT2D eigenvalue weighted by molar-refractivity contribution is -0.139. The Kier molecular flexibility index (Phi) is 4.41. The van der Waals surface area contributed by atoms with Crippen molar-refractivity contribution >= 4 is 16.2 Å². The zero-order chi connectivity index (χ0) is 14.8. The van der Waals surface area contributed by atoms with E-state index in [-0.39, 0.29) is 6.42 Å². The third-order valence-corrected chi connectivity index (χ3v) is 4.89. The zero-order valence-electron chi connectivity index (χ0n) is 11.1. The SMILES string of the molecule is CC1CCN(S(=O)(=O)NC(Cc2cnc[nH]2)C(=O)O)C1. The molecule has 0 amide bonds. The number of aliphatic carboxylic acids is 1. The molecule has 0 aliphatic carbocycles. The third-order valence-electron chi connectivity index (χ3n) is 3.29. The summed E-state index contributed by atoms with van der Waals surface area (Å²) in [6.07, 6.45) is 3.71. The number of rotatable bonds is 6. The van der Waals surface area contributed by atoms with Crippen LogP contribution in [0.5, 0.6) is 0 Å². The van der Waals surface area contributed by atoms with E-state index in [1.165, 1.54) is 16.8 Å². The summed E-state index contributed by atoms with van der Waals surface area (Å²) in [6, 6.07) is -1.21. The third kappa shape index (κ3) is 3.56. The molecule has 9 heteroatoms. The van der Waals surface area contributed by atoms with Crippen LogP contribution in [0.15, 0.2) is 12.5 Å². The summed E-state index contributed by atoms with van der Waals surface area (Å²) < 4.78 is 27.8. The normalized spacial score (nSPS) is 21.9. The van der Waals surface area contributed by atoms with Crippen molar-refractivity contribution in [3.63, 3.8) is 0 Å². The number of nitrogens with zero attached hydrogens (tertiary/aromatic N) is 2. The fourth-order valence-corrected chi connectivity index (χ4v) is 3.65. The largest absolute Gasteiger partial charge is 0.480 e. The van der Waals surface area contributed by atoms with Gasteiger partial charge in [-0.15, -0.1) is 0 Å². The molecule has 3 N–H and O–H groups in total. The van der Waals surface area contributed by atoms with Gasteiger partial charge in [0.15, 0.2) is 0 Å². The summed E-state index contributed by atoms with van der Waals surface area (Å²) in [4.78, 5) is 17.7. The molecular weight excluding hydrogens is 284 g/mol. The zero-order valence-corrected chi connectivity index (χ0v) is 11.9. The van der Waals surface area contributed by atoms with Crippen LogP contribution in [-0.4, -0.2) is 52.9 Å². The molecule has 2 rings (SSSR count). The number of hydrogen-bond acceptors (Lipinski definition) is 4. The Morgan fingerprint density at radius 1 is 1.70 bits per heavy atom. The number of aromatic amines is 1. The molecule has 0 aromatic carbocycles. The Labute approximate surface area is 117 Å². The van der Waals surface area contributed by atoms with Crippen LogP contribution < -0.4 is 4.72 Å². The smallest absolute Gasteiger partial charge is 0.322 e. The van der Waals surface area contributed by atoms with Crippen LogP contribution in [0.3, 0.4) is 0 Å². The van der Waals surface area contributed by atoms with Gasteiger partial charge in [-0.3, -0.25) is 4.79 Å². The fourth-order valence-electron chi connectivity index (χ4n) is 2.16. The van der Waals surface area contributed by atoms with Crippen molar-refractivity contribution in [2.45, 2.75) is 25.8 Å². The number of carboxylic acids is 1. The summed E-state index contributed by atoms with van der Waals surface area (Å²) >= 11 is 0. The van der Waals surface area contributed by atoms with Gasteiger partial charge in [0.25, 0.3) is 10.2 Å². The van der Waals surface area contributed by atoms with Gasteiger partial charge in [-0.25, -0.2) is 4.98 Å². The first-order valence-corrected chi connectivity index (χ1v) is 7.80. The van der Waals surface area contributed by atoms with E-state index < -0.39 is 22.2 Å². The Morgan fingerprint density at radius 2 is 2.45 bits per heavy atom. The maximum absolute atomic E-state index is 12.1. The second-order valence-corrected chi connectivity index (χ2v) is 6.75. The Bertz CT molecular complexity index is 557. The molecule has 0 radical (unpaired) electrons. The van der Waals surface area contributed by atoms with Gasteiger partial charge in [0, 0.05) is 31.4 Å². The van der Waals surface area contributed by atoms with Crippen LogP contribution in [0, 0.1) is 5.92 Å². The molecule has 2 unspecified atom stereocenters. The second-order valence-electron chi connectivity index (χ2n) is 5.05. The van der Waals surface area contributed by atoms with Crippen LogP contribution in [-0.2, 0) is 21.4 Å².